The standard InChI is InChI=1S/C19H15F2N3O/c1-11-3-5-13(6-4-11)18-22-10-15(12(2)23-18)19(25)24-17-9-14(20)7-8-16(17)21/h3-10H,1-2H3,(H,24,25). The predicted octanol–water partition coefficient (Wildman–Crippen LogP) is 4.29. The van der Waals surface area contributed by atoms with Gasteiger partial charge in [-0.1, -0.05) is 29.8 Å². The van der Waals surface area contributed by atoms with E-state index in [0.717, 1.165) is 29.3 Å². The molecule has 0 unspecified atom stereocenters. The Morgan fingerprint density at radius 3 is 2.44 bits per heavy atom. The van der Waals surface area contributed by atoms with Crippen molar-refractivity contribution in [3.63, 3.8) is 0 Å². The summed E-state index contributed by atoms with van der Waals surface area (Å²) < 4.78 is 26.9. The van der Waals surface area contributed by atoms with Crippen molar-refractivity contribution in [2.24, 2.45) is 0 Å². The molecule has 1 aromatic heterocycles. The predicted molar refractivity (Wildman–Crippen MR) is 91.3 cm³/mol. The van der Waals surface area contributed by atoms with Gasteiger partial charge in [-0.25, -0.2) is 18.7 Å². The van der Waals surface area contributed by atoms with Crippen molar-refractivity contribution in [3.05, 3.63) is 77.1 Å². The lowest BCUT2D eigenvalue weighted by Gasteiger charge is -2.09. The number of hydrogen-bond donors (Lipinski definition) is 1. The maximum atomic E-state index is 13.7. The number of carbonyl (C=O) groups excluding carboxylic acids is 1. The van der Waals surface area contributed by atoms with Gasteiger partial charge in [0.2, 0.25) is 0 Å². The minimum Gasteiger partial charge on any atom is -0.319 e. The van der Waals surface area contributed by atoms with E-state index in [1.807, 2.05) is 31.2 Å². The highest BCUT2D eigenvalue weighted by atomic mass is 19.1. The van der Waals surface area contributed by atoms with Crippen LogP contribution in [0.25, 0.3) is 11.4 Å². The van der Waals surface area contributed by atoms with Gasteiger partial charge in [-0.3, -0.25) is 4.79 Å². The molecule has 1 N–H and O–H groups in total. The first kappa shape index (κ1) is 16.7. The topological polar surface area (TPSA) is 54.9 Å². The summed E-state index contributed by atoms with van der Waals surface area (Å²) in [4.78, 5) is 20.8. The van der Waals surface area contributed by atoms with Gasteiger partial charge in [-0.15, -0.1) is 0 Å². The monoisotopic (exact) mass is 339 g/mol. The van der Waals surface area contributed by atoms with Crippen molar-refractivity contribution in [2.45, 2.75) is 13.8 Å². The molecule has 0 radical (unpaired) electrons. The van der Waals surface area contributed by atoms with Crippen LogP contribution in [0.1, 0.15) is 21.6 Å². The molecule has 0 spiro atoms. The van der Waals surface area contributed by atoms with Gasteiger partial charge < -0.3 is 5.32 Å². The second-order valence-corrected chi connectivity index (χ2v) is 5.64. The number of benzene rings is 2. The van der Waals surface area contributed by atoms with E-state index >= 15 is 0 Å². The van der Waals surface area contributed by atoms with Gasteiger partial charge in [0.25, 0.3) is 5.91 Å². The van der Waals surface area contributed by atoms with Crippen LogP contribution in [0.3, 0.4) is 0 Å². The molecule has 0 aliphatic rings. The smallest absolute Gasteiger partial charge is 0.259 e. The summed E-state index contributed by atoms with van der Waals surface area (Å²) >= 11 is 0. The first-order valence-corrected chi connectivity index (χ1v) is 7.61. The number of nitrogens with one attached hydrogen (secondary N) is 1. The molecule has 2 aromatic carbocycles. The molecule has 0 aliphatic carbocycles. The van der Waals surface area contributed by atoms with E-state index < -0.39 is 17.5 Å². The fourth-order valence-corrected chi connectivity index (χ4v) is 2.31. The molecule has 4 nitrogen and oxygen atoms in total. The summed E-state index contributed by atoms with van der Waals surface area (Å²) in [6, 6.07) is 10.5. The molecule has 25 heavy (non-hydrogen) atoms. The number of anilines is 1. The third-order valence-electron chi connectivity index (χ3n) is 3.71. The number of rotatable bonds is 3. The lowest BCUT2D eigenvalue weighted by atomic mass is 10.1. The number of aromatic nitrogens is 2. The SMILES string of the molecule is Cc1ccc(-c2ncc(C(=O)Nc3cc(F)ccc3F)c(C)n2)cc1. The van der Waals surface area contributed by atoms with Crippen LogP contribution in [0.2, 0.25) is 0 Å². The van der Waals surface area contributed by atoms with Gasteiger partial charge in [-0.05, 0) is 26.0 Å². The van der Waals surface area contributed by atoms with Gasteiger partial charge in [0.15, 0.2) is 5.82 Å². The number of aryl methyl sites for hydroxylation is 2. The van der Waals surface area contributed by atoms with Crippen LogP contribution in [0, 0.1) is 25.5 Å². The highest BCUT2D eigenvalue weighted by molar-refractivity contribution is 6.04. The van der Waals surface area contributed by atoms with Crippen LogP contribution in [-0.4, -0.2) is 15.9 Å². The van der Waals surface area contributed by atoms with Crippen LogP contribution in [0.5, 0.6) is 0 Å². The lowest BCUT2D eigenvalue weighted by molar-refractivity contribution is 0.102. The molecule has 0 saturated heterocycles. The van der Waals surface area contributed by atoms with Gasteiger partial charge in [0.1, 0.15) is 11.6 Å². The summed E-state index contributed by atoms with van der Waals surface area (Å²) in [5.41, 5.74) is 2.36. The largest absolute Gasteiger partial charge is 0.319 e. The Labute approximate surface area is 143 Å². The minimum absolute atomic E-state index is 0.194. The second-order valence-electron chi connectivity index (χ2n) is 5.64. The van der Waals surface area contributed by atoms with Crippen molar-refractivity contribution in [3.8, 4) is 11.4 Å². The number of hydrogen-bond acceptors (Lipinski definition) is 3. The Morgan fingerprint density at radius 2 is 1.76 bits per heavy atom. The zero-order valence-electron chi connectivity index (χ0n) is 13.7. The van der Waals surface area contributed by atoms with Gasteiger partial charge in [-0.2, -0.15) is 0 Å². The fraction of sp³-hybridized carbons (Fsp3) is 0.105. The maximum absolute atomic E-state index is 13.7. The highest BCUT2D eigenvalue weighted by Gasteiger charge is 2.15. The van der Waals surface area contributed by atoms with E-state index in [4.69, 9.17) is 0 Å². The first-order valence-electron chi connectivity index (χ1n) is 7.61. The summed E-state index contributed by atoms with van der Waals surface area (Å²) in [6.07, 6.45) is 1.38. The Hall–Kier alpha value is -3.15. The van der Waals surface area contributed by atoms with Crippen LogP contribution in [0.4, 0.5) is 14.5 Å². The van der Waals surface area contributed by atoms with Crippen molar-refractivity contribution in [2.75, 3.05) is 5.32 Å². The van der Waals surface area contributed by atoms with Crippen molar-refractivity contribution in [1.29, 1.82) is 0 Å². The Bertz CT molecular complexity index is 940. The Kier molecular flexibility index (Phi) is 4.52. The molecule has 0 aliphatic heterocycles. The molecular weight excluding hydrogens is 324 g/mol. The third kappa shape index (κ3) is 3.68. The molecular formula is C19H15F2N3O. The summed E-state index contributed by atoms with van der Waals surface area (Å²) in [5.74, 6) is -1.47. The van der Waals surface area contributed by atoms with E-state index in [0.29, 0.717) is 11.5 Å². The molecule has 0 bridgehead atoms. The van der Waals surface area contributed by atoms with E-state index in [9.17, 15) is 13.6 Å². The van der Waals surface area contributed by atoms with Crippen LogP contribution < -0.4 is 5.32 Å². The van der Waals surface area contributed by atoms with Crippen LogP contribution >= 0.6 is 0 Å². The molecule has 1 amide bonds. The van der Waals surface area contributed by atoms with E-state index in [2.05, 4.69) is 15.3 Å². The lowest BCUT2D eigenvalue weighted by Crippen LogP contribution is -2.16. The average molecular weight is 339 g/mol. The number of halogens is 2. The van der Waals surface area contributed by atoms with Crippen LogP contribution in [-0.2, 0) is 0 Å². The molecule has 6 heteroatoms. The second kappa shape index (κ2) is 6.76. The van der Waals surface area contributed by atoms with E-state index in [1.165, 1.54) is 6.20 Å². The normalized spacial score (nSPS) is 10.6. The third-order valence-corrected chi connectivity index (χ3v) is 3.71. The number of nitrogens with zero attached hydrogens (tertiary/aromatic N) is 2. The van der Waals surface area contributed by atoms with Crippen molar-refractivity contribution in [1.82, 2.24) is 9.97 Å². The summed E-state index contributed by atoms with van der Waals surface area (Å²) in [5, 5.41) is 2.34. The van der Waals surface area contributed by atoms with Crippen molar-refractivity contribution < 1.29 is 13.6 Å². The Balaban J connectivity index is 1.86. The van der Waals surface area contributed by atoms with Gasteiger partial charge >= 0.3 is 0 Å². The van der Waals surface area contributed by atoms with Gasteiger partial charge in [0.05, 0.1) is 16.9 Å². The zero-order chi connectivity index (χ0) is 18.0. The van der Waals surface area contributed by atoms with Crippen molar-refractivity contribution >= 4 is 11.6 Å². The molecule has 3 aromatic rings. The maximum Gasteiger partial charge on any atom is 0.259 e. The number of amides is 1. The molecule has 0 fully saturated rings. The molecule has 0 atom stereocenters. The van der Waals surface area contributed by atoms with Gasteiger partial charge in [0, 0.05) is 17.8 Å². The van der Waals surface area contributed by atoms with E-state index in [1.54, 1.807) is 6.92 Å². The number of carbonyl (C=O) groups is 1. The molecule has 126 valence electrons. The summed E-state index contributed by atoms with van der Waals surface area (Å²) in [6.45, 7) is 3.64. The Morgan fingerprint density at radius 1 is 1.04 bits per heavy atom. The highest BCUT2D eigenvalue weighted by Crippen LogP contribution is 2.19. The summed E-state index contributed by atoms with van der Waals surface area (Å²) in [7, 11) is 0. The quantitative estimate of drug-likeness (QED) is 0.774. The average Bonchev–Trinajstić information content (AvgIpc) is 2.58. The van der Waals surface area contributed by atoms with Crippen LogP contribution in [0.15, 0.2) is 48.7 Å². The zero-order valence-corrected chi connectivity index (χ0v) is 13.7. The molecule has 3 rings (SSSR count). The van der Waals surface area contributed by atoms with E-state index in [-0.39, 0.29) is 11.3 Å². The first-order chi connectivity index (χ1) is 11.9. The molecule has 1 heterocycles. The minimum atomic E-state index is -0.718. The fourth-order valence-electron chi connectivity index (χ4n) is 2.31. The molecule has 0 saturated carbocycles.